The van der Waals surface area contributed by atoms with Gasteiger partial charge in [0.1, 0.15) is 0 Å². The van der Waals surface area contributed by atoms with Crippen molar-refractivity contribution in [2.75, 3.05) is 0 Å². The number of alkyl halides is 12. The first kappa shape index (κ1) is 22.3. The molecule has 0 spiro atoms. The summed E-state index contributed by atoms with van der Waals surface area (Å²) in [5.41, 5.74) is 0. The van der Waals surface area contributed by atoms with Gasteiger partial charge in [-0.05, 0) is 0 Å². The molecule has 0 aromatic heterocycles. The van der Waals surface area contributed by atoms with Crippen LogP contribution in [-0.2, 0) is 18.9 Å². The van der Waals surface area contributed by atoms with Gasteiger partial charge >= 0.3 is 48.7 Å². The van der Waals surface area contributed by atoms with Crippen LogP contribution >= 0.6 is 0 Å². The normalized spacial score (nSPS) is 28.0. The third-order valence-electron chi connectivity index (χ3n) is 2.27. The van der Waals surface area contributed by atoms with Crippen LogP contribution in [-0.4, -0.2) is 36.7 Å². The van der Waals surface area contributed by atoms with Crippen molar-refractivity contribution in [2.24, 2.45) is 0 Å². The molecule has 1 rings (SSSR count). The Labute approximate surface area is 130 Å². The fourth-order valence-corrected chi connectivity index (χ4v) is 1.40. The molecule has 154 valence electrons. The van der Waals surface area contributed by atoms with Crippen LogP contribution in [0.25, 0.3) is 0 Å². The number of ether oxygens (including phenoxy) is 4. The molecule has 0 amide bonds. The smallest absolute Gasteiger partial charge is 0.410 e. The zero-order valence-electron chi connectivity index (χ0n) is 10.9. The van der Waals surface area contributed by atoms with Gasteiger partial charge in [0.05, 0.1) is 0 Å². The Hall–Kier alpha value is -1.72. The van der Waals surface area contributed by atoms with Crippen molar-refractivity contribution in [2.45, 2.75) is 36.7 Å². The van der Waals surface area contributed by atoms with Crippen LogP contribution in [0.5, 0.6) is 0 Å². The summed E-state index contributed by atoms with van der Waals surface area (Å²) in [6, 6.07) is 0. The minimum atomic E-state index is -6.98. The lowest BCUT2D eigenvalue weighted by molar-refractivity contribution is -0.532. The molecule has 4 nitrogen and oxygen atoms in total. The van der Waals surface area contributed by atoms with Crippen molar-refractivity contribution in [1.29, 1.82) is 0 Å². The molecule has 0 aliphatic carbocycles. The van der Waals surface area contributed by atoms with E-state index in [0.717, 1.165) is 0 Å². The second-order valence-corrected chi connectivity index (χ2v) is 4.07. The van der Waals surface area contributed by atoms with E-state index in [0.29, 0.717) is 0 Å². The van der Waals surface area contributed by atoms with E-state index in [9.17, 15) is 61.5 Å². The molecule has 0 aromatic rings. The molecule has 1 heterocycles. The van der Waals surface area contributed by atoms with Gasteiger partial charge in [0.2, 0.25) is 0 Å². The molecular formula is C8F14O4. The second-order valence-electron chi connectivity index (χ2n) is 4.07. The Morgan fingerprint density at radius 1 is 0.654 bits per heavy atom. The monoisotopic (exact) mass is 426 g/mol. The van der Waals surface area contributed by atoms with E-state index in [1.807, 2.05) is 0 Å². The minimum absolute atomic E-state index is 1.67. The average molecular weight is 426 g/mol. The van der Waals surface area contributed by atoms with E-state index in [-0.39, 0.29) is 0 Å². The maximum Gasteiger partial charge on any atom is 0.527 e. The topological polar surface area (TPSA) is 36.9 Å². The second kappa shape index (κ2) is 5.89. The highest BCUT2D eigenvalue weighted by molar-refractivity contribution is 5.09. The SMILES string of the molecule is FC(F)=C1OC(F)(C(F)(F)OC(F)(F)F)C(F)(C(F)(F)OC(F)(F)F)O1. The highest BCUT2D eigenvalue weighted by Gasteiger charge is 2.90. The van der Waals surface area contributed by atoms with Gasteiger partial charge in [0, 0.05) is 0 Å². The van der Waals surface area contributed by atoms with Gasteiger partial charge in [-0.3, -0.25) is 0 Å². The van der Waals surface area contributed by atoms with Crippen LogP contribution in [0.4, 0.5) is 61.5 Å². The van der Waals surface area contributed by atoms with Crippen LogP contribution < -0.4 is 0 Å². The molecular weight excluding hydrogens is 426 g/mol. The standard InChI is InChI=1S/C8F14O4/c9-1(10)2-23-3(11,5(13,14)25-7(17,18)19)4(12,24-2)6(15,16)26-8(20,21)22. The Morgan fingerprint density at radius 2 is 0.923 bits per heavy atom. The molecule has 0 aromatic carbocycles. The summed E-state index contributed by atoms with van der Waals surface area (Å²) in [6.07, 6.45) is -30.9. The van der Waals surface area contributed by atoms with Gasteiger partial charge in [0.25, 0.3) is 0 Å². The van der Waals surface area contributed by atoms with E-state index < -0.39 is 48.7 Å². The lowest BCUT2D eigenvalue weighted by Crippen LogP contribution is -2.67. The fourth-order valence-electron chi connectivity index (χ4n) is 1.40. The molecule has 1 aliphatic rings. The van der Waals surface area contributed by atoms with Gasteiger partial charge in [-0.2, -0.15) is 35.1 Å². The van der Waals surface area contributed by atoms with E-state index in [4.69, 9.17) is 0 Å². The summed E-state index contributed by atoms with van der Waals surface area (Å²) in [5, 5.41) is 0. The molecule has 1 saturated heterocycles. The molecule has 0 saturated carbocycles. The molecule has 2 atom stereocenters. The predicted molar refractivity (Wildman–Crippen MR) is 43.3 cm³/mol. The molecule has 18 heteroatoms. The maximum absolute atomic E-state index is 14.0. The van der Waals surface area contributed by atoms with Gasteiger partial charge < -0.3 is 9.47 Å². The highest BCUT2D eigenvalue weighted by atomic mass is 19.4. The summed E-state index contributed by atoms with van der Waals surface area (Å²) in [7, 11) is 0. The first-order chi connectivity index (χ1) is 11.2. The number of halogens is 14. The van der Waals surface area contributed by atoms with E-state index in [1.165, 1.54) is 0 Å². The van der Waals surface area contributed by atoms with Crippen molar-refractivity contribution in [1.82, 2.24) is 0 Å². The summed E-state index contributed by atoms with van der Waals surface area (Å²) in [4.78, 5) is 0. The summed E-state index contributed by atoms with van der Waals surface area (Å²) < 4.78 is 184. The number of hydrogen-bond donors (Lipinski definition) is 0. The third kappa shape index (κ3) is 3.84. The minimum Gasteiger partial charge on any atom is -0.410 e. The first-order valence-electron chi connectivity index (χ1n) is 5.28. The predicted octanol–water partition coefficient (Wildman–Crippen LogP) is 4.69. The molecule has 0 N–H and O–H groups in total. The van der Waals surface area contributed by atoms with Crippen molar-refractivity contribution >= 4 is 0 Å². The molecule has 0 bridgehead atoms. The van der Waals surface area contributed by atoms with Crippen LogP contribution in [0.15, 0.2) is 12.0 Å². The van der Waals surface area contributed by atoms with Crippen molar-refractivity contribution < 1.29 is 80.4 Å². The van der Waals surface area contributed by atoms with Crippen molar-refractivity contribution in [3.05, 3.63) is 12.0 Å². The molecule has 26 heavy (non-hydrogen) atoms. The van der Waals surface area contributed by atoms with Crippen LogP contribution in [0.2, 0.25) is 0 Å². The Morgan fingerprint density at radius 3 is 1.12 bits per heavy atom. The Balaban J connectivity index is 3.57. The van der Waals surface area contributed by atoms with Gasteiger partial charge in [0.15, 0.2) is 0 Å². The molecule has 1 aliphatic heterocycles. The highest BCUT2D eigenvalue weighted by Crippen LogP contribution is 2.60. The summed E-state index contributed by atoms with van der Waals surface area (Å²) in [6.45, 7) is 0. The Kier molecular flexibility index (Phi) is 5.06. The fraction of sp³-hybridized carbons (Fsp3) is 0.750. The quantitative estimate of drug-likeness (QED) is 0.612. The van der Waals surface area contributed by atoms with Gasteiger partial charge in [-0.1, -0.05) is 0 Å². The van der Waals surface area contributed by atoms with E-state index in [2.05, 4.69) is 9.47 Å². The van der Waals surface area contributed by atoms with E-state index >= 15 is 0 Å². The van der Waals surface area contributed by atoms with Crippen LogP contribution in [0.3, 0.4) is 0 Å². The van der Waals surface area contributed by atoms with Crippen LogP contribution in [0.1, 0.15) is 0 Å². The summed E-state index contributed by atoms with van der Waals surface area (Å²) >= 11 is 0. The third-order valence-corrected chi connectivity index (χ3v) is 2.27. The van der Waals surface area contributed by atoms with Crippen molar-refractivity contribution in [3.8, 4) is 0 Å². The van der Waals surface area contributed by atoms with Gasteiger partial charge in [-0.25, -0.2) is 9.47 Å². The Bertz CT molecular complexity index is 532. The molecule has 1 fully saturated rings. The summed E-state index contributed by atoms with van der Waals surface area (Å²) in [5.74, 6) is -16.7. The van der Waals surface area contributed by atoms with Crippen molar-refractivity contribution in [3.63, 3.8) is 0 Å². The molecule has 0 radical (unpaired) electrons. The van der Waals surface area contributed by atoms with Gasteiger partial charge in [-0.15, -0.1) is 26.3 Å². The average Bonchev–Trinajstić information content (AvgIpc) is 2.59. The number of rotatable bonds is 4. The zero-order valence-corrected chi connectivity index (χ0v) is 10.9. The zero-order chi connectivity index (χ0) is 21.0. The maximum atomic E-state index is 14.0. The van der Waals surface area contributed by atoms with Crippen LogP contribution in [0, 0.1) is 0 Å². The lowest BCUT2D eigenvalue weighted by Gasteiger charge is -2.36. The van der Waals surface area contributed by atoms with E-state index in [1.54, 1.807) is 9.47 Å². The largest absolute Gasteiger partial charge is 0.527 e. The first-order valence-corrected chi connectivity index (χ1v) is 5.28. The lowest BCUT2D eigenvalue weighted by atomic mass is 10.1. The number of hydrogen-bond acceptors (Lipinski definition) is 4. The molecule has 2 unspecified atom stereocenters.